The molecule has 0 bridgehead atoms. The van der Waals surface area contributed by atoms with E-state index in [0.29, 0.717) is 24.5 Å². The summed E-state index contributed by atoms with van der Waals surface area (Å²) in [4.78, 5) is 16.2. The summed E-state index contributed by atoms with van der Waals surface area (Å²) in [6.45, 7) is 1.21. The molecule has 0 radical (unpaired) electrons. The molecule has 25 heavy (non-hydrogen) atoms. The Labute approximate surface area is 147 Å². The third kappa shape index (κ3) is 3.99. The van der Waals surface area contributed by atoms with Gasteiger partial charge in [-0.3, -0.25) is 4.79 Å². The fourth-order valence-corrected chi connectivity index (χ4v) is 2.71. The van der Waals surface area contributed by atoms with Crippen LogP contribution in [0.25, 0.3) is 0 Å². The van der Waals surface area contributed by atoms with Gasteiger partial charge in [-0.15, -0.1) is 10.2 Å². The lowest BCUT2D eigenvalue weighted by atomic mass is 10.2. The van der Waals surface area contributed by atoms with Crippen molar-refractivity contribution in [3.8, 4) is 11.6 Å². The van der Waals surface area contributed by atoms with Crippen molar-refractivity contribution in [3.63, 3.8) is 0 Å². The van der Waals surface area contributed by atoms with Gasteiger partial charge in [0, 0.05) is 38.7 Å². The van der Waals surface area contributed by atoms with Crippen LogP contribution in [-0.4, -0.2) is 61.4 Å². The van der Waals surface area contributed by atoms with Gasteiger partial charge in [0.1, 0.15) is 11.9 Å². The maximum atomic E-state index is 12.6. The molecule has 1 aromatic heterocycles. The second-order valence-corrected chi connectivity index (χ2v) is 6.13. The quantitative estimate of drug-likeness (QED) is 0.826. The van der Waals surface area contributed by atoms with E-state index in [1.165, 1.54) is 0 Å². The van der Waals surface area contributed by atoms with E-state index in [1.807, 2.05) is 25.1 Å². The third-order valence-electron chi connectivity index (χ3n) is 4.14. The summed E-state index contributed by atoms with van der Waals surface area (Å²) < 4.78 is 11.0. The van der Waals surface area contributed by atoms with Gasteiger partial charge in [0.25, 0.3) is 5.91 Å². The molecule has 1 fully saturated rings. The molecular formula is C18H22N4O3. The number of nitrogens with zero attached hydrogens (tertiary/aromatic N) is 4. The van der Waals surface area contributed by atoms with Gasteiger partial charge >= 0.3 is 0 Å². The normalized spacial score (nSPS) is 16.6. The average Bonchev–Trinajstić information content (AvgIpc) is 3.10. The second-order valence-electron chi connectivity index (χ2n) is 6.13. The largest absolute Gasteiger partial charge is 0.497 e. The lowest BCUT2D eigenvalue weighted by Gasteiger charge is -2.17. The molecule has 1 aromatic carbocycles. The maximum absolute atomic E-state index is 12.6. The summed E-state index contributed by atoms with van der Waals surface area (Å²) in [7, 11) is 5.42. The minimum atomic E-state index is -0.0679. The van der Waals surface area contributed by atoms with E-state index in [1.54, 1.807) is 42.3 Å². The van der Waals surface area contributed by atoms with Crippen LogP contribution in [0.4, 0.5) is 5.82 Å². The highest BCUT2D eigenvalue weighted by molar-refractivity contribution is 5.94. The van der Waals surface area contributed by atoms with E-state index in [0.717, 1.165) is 18.0 Å². The van der Waals surface area contributed by atoms with Crippen molar-refractivity contribution in [2.45, 2.75) is 12.5 Å². The molecule has 7 nitrogen and oxygen atoms in total. The molecule has 3 rings (SSSR count). The van der Waals surface area contributed by atoms with Crippen LogP contribution in [0, 0.1) is 0 Å². The van der Waals surface area contributed by atoms with Crippen molar-refractivity contribution in [2.24, 2.45) is 0 Å². The molecule has 0 spiro atoms. The molecule has 1 aliphatic heterocycles. The van der Waals surface area contributed by atoms with Gasteiger partial charge < -0.3 is 19.3 Å². The number of benzene rings is 1. The summed E-state index contributed by atoms with van der Waals surface area (Å²) >= 11 is 0. The van der Waals surface area contributed by atoms with Gasteiger partial charge in [-0.2, -0.15) is 0 Å². The SMILES string of the molecule is COc1ccc(C(=O)N2CCC(Oc3ccc(N(C)C)nn3)C2)cc1. The number of anilines is 1. The summed E-state index contributed by atoms with van der Waals surface area (Å²) in [5.41, 5.74) is 0.650. The Morgan fingerprint density at radius 2 is 1.92 bits per heavy atom. The number of rotatable bonds is 5. The zero-order valence-corrected chi connectivity index (χ0v) is 14.7. The van der Waals surface area contributed by atoms with Crippen LogP contribution in [0.1, 0.15) is 16.8 Å². The summed E-state index contributed by atoms with van der Waals surface area (Å²) in [6, 6.07) is 10.8. The topological polar surface area (TPSA) is 67.8 Å². The highest BCUT2D eigenvalue weighted by Gasteiger charge is 2.28. The van der Waals surface area contributed by atoms with Crippen LogP contribution in [0.5, 0.6) is 11.6 Å². The Hall–Kier alpha value is -2.83. The molecule has 2 aromatic rings. The first kappa shape index (κ1) is 17.0. The summed E-state index contributed by atoms with van der Waals surface area (Å²) in [5, 5.41) is 8.18. The molecule has 1 amide bonds. The van der Waals surface area contributed by atoms with Crippen molar-refractivity contribution in [1.29, 1.82) is 0 Å². The Kier molecular flexibility index (Phi) is 5.02. The van der Waals surface area contributed by atoms with Crippen molar-refractivity contribution >= 4 is 11.7 Å². The van der Waals surface area contributed by atoms with Crippen LogP contribution >= 0.6 is 0 Å². The smallest absolute Gasteiger partial charge is 0.253 e. The highest BCUT2D eigenvalue weighted by Crippen LogP contribution is 2.20. The third-order valence-corrected chi connectivity index (χ3v) is 4.14. The van der Waals surface area contributed by atoms with Crippen molar-refractivity contribution in [1.82, 2.24) is 15.1 Å². The van der Waals surface area contributed by atoms with E-state index in [-0.39, 0.29) is 12.0 Å². The first-order valence-electron chi connectivity index (χ1n) is 8.18. The van der Waals surface area contributed by atoms with Crippen molar-refractivity contribution in [3.05, 3.63) is 42.0 Å². The number of amides is 1. The van der Waals surface area contributed by atoms with Crippen LogP contribution in [0.2, 0.25) is 0 Å². The molecule has 7 heteroatoms. The number of ether oxygens (including phenoxy) is 2. The second kappa shape index (κ2) is 7.38. The molecule has 1 aliphatic rings. The Morgan fingerprint density at radius 3 is 2.52 bits per heavy atom. The number of hydrogen-bond donors (Lipinski definition) is 0. The van der Waals surface area contributed by atoms with Crippen LogP contribution in [0.15, 0.2) is 36.4 Å². The molecule has 1 atom stereocenters. The zero-order valence-electron chi connectivity index (χ0n) is 14.7. The number of likely N-dealkylation sites (tertiary alicyclic amines) is 1. The van der Waals surface area contributed by atoms with E-state index >= 15 is 0 Å². The predicted octanol–water partition coefficient (Wildman–Crippen LogP) is 1.84. The maximum Gasteiger partial charge on any atom is 0.253 e. The summed E-state index contributed by atoms with van der Waals surface area (Å²) in [5.74, 6) is 1.99. The monoisotopic (exact) mass is 342 g/mol. The van der Waals surface area contributed by atoms with Crippen molar-refractivity contribution < 1.29 is 14.3 Å². The van der Waals surface area contributed by atoms with Crippen LogP contribution in [-0.2, 0) is 0 Å². The molecule has 2 heterocycles. The number of aromatic nitrogens is 2. The zero-order chi connectivity index (χ0) is 17.8. The lowest BCUT2D eigenvalue weighted by Crippen LogP contribution is -2.31. The van der Waals surface area contributed by atoms with Crippen molar-refractivity contribution in [2.75, 3.05) is 39.2 Å². The Balaban J connectivity index is 1.58. The number of carbonyl (C=O) groups is 1. The van der Waals surface area contributed by atoms with Gasteiger partial charge in [-0.25, -0.2) is 0 Å². The summed E-state index contributed by atoms with van der Waals surface area (Å²) in [6.07, 6.45) is 0.709. The first-order chi connectivity index (χ1) is 12.1. The highest BCUT2D eigenvalue weighted by atomic mass is 16.5. The van der Waals surface area contributed by atoms with Gasteiger partial charge in [-0.1, -0.05) is 0 Å². The minimum absolute atomic E-state index is 0.00259. The molecule has 1 saturated heterocycles. The predicted molar refractivity (Wildman–Crippen MR) is 94.3 cm³/mol. The van der Waals surface area contributed by atoms with Gasteiger partial charge in [-0.05, 0) is 30.3 Å². The van der Waals surface area contributed by atoms with Gasteiger partial charge in [0.2, 0.25) is 5.88 Å². The Morgan fingerprint density at radius 1 is 1.16 bits per heavy atom. The van der Waals surface area contributed by atoms with E-state index in [9.17, 15) is 4.79 Å². The number of hydrogen-bond acceptors (Lipinski definition) is 6. The first-order valence-corrected chi connectivity index (χ1v) is 8.18. The standard InChI is InChI=1S/C18H22N4O3/c1-21(2)16-8-9-17(20-19-16)25-15-10-11-22(12-15)18(23)13-4-6-14(24-3)7-5-13/h4-9,15H,10-12H2,1-3H3. The number of carbonyl (C=O) groups excluding carboxylic acids is 1. The van der Waals surface area contributed by atoms with E-state index in [4.69, 9.17) is 9.47 Å². The average molecular weight is 342 g/mol. The molecule has 0 saturated carbocycles. The van der Waals surface area contributed by atoms with Gasteiger partial charge in [0.15, 0.2) is 5.82 Å². The molecule has 0 aliphatic carbocycles. The van der Waals surface area contributed by atoms with E-state index < -0.39 is 0 Å². The fourth-order valence-electron chi connectivity index (χ4n) is 2.71. The van der Waals surface area contributed by atoms with E-state index in [2.05, 4.69) is 10.2 Å². The lowest BCUT2D eigenvalue weighted by molar-refractivity contribution is 0.0771. The van der Waals surface area contributed by atoms with Gasteiger partial charge in [0.05, 0.1) is 13.7 Å². The molecule has 1 unspecified atom stereocenters. The van der Waals surface area contributed by atoms with Crippen LogP contribution < -0.4 is 14.4 Å². The van der Waals surface area contributed by atoms with Crippen LogP contribution in [0.3, 0.4) is 0 Å². The molecule has 0 N–H and O–H groups in total. The molecule has 132 valence electrons. The fraction of sp³-hybridized carbons (Fsp3) is 0.389. The number of methoxy groups -OCH3 is 1. The molecular weight excluding hydrogens is 320 g/mol. The minimum Gasteiger partial charge on any atom is -0.497 e. The Bertz CT molecular complexity index is 716.